The molecular formula is C10H8F6MnO4. The minimum absolute atomic E-state index is 0. The van der Waals surface area contributed by atoms with E-state index in [0.29, 0.717) is 0 Å². The van der Waals surface area contributed by atoms with Crippen LogP contribution in [0.3, 0.4) is 0 Å². The smallest absolute Gasteiger partial charge is 0.869 e. The monoisotopic (exact) mass is 361 g/mol. The van der Waals surface area contributed by atoms with Crippen molar-refractivity contribution < 1.29 is 63.2 Å². The van der Waals surface area contributed by atoms with E-state index in [-0.39, 0.29) is 29.2 Å². The first-order valence-corrected chi connectivity index (χ1v) is 4.61. The molecule has 0 rings (SSSR count). The average Bonchev–Trinajstić information content (AvgIpc) is 2.13. The van der Waals surface area contributed by atoms with E-state index >= 15 is 0 Å². The number of ketones is 2. The predicted octanol–water partition coefficient (Wildman–Crippen LogP) is 0.761. The van der Waals surface area contributed by atoms with Crippen LogP contribution in [0.2, 0.25) is 0 Å². The van der Waals surface area contributed by atoms with Gasteiger partial charge in [0.15, 0.2) is 11.6 Å². The van der Waals surface area contributed by atoms with Crippen molar-refractivity contribution in [2.75, 3.05) is 0 Å². The summed E-state index contributed by atoms with van der Waals surface area (Å²) in [6.45, 7) is 1.76. The van der Waals surface area contributed by atoms with E-state index in [1.165, 1.54) is 0 Å². The van der Waals surface area contributed by atoms with Crippen LogP contribution in [0.5, 0.6) is 0 Å². The third kappa shape index (κ3) is 14.7. The first-order valence-electron chi connectivity index (χ1n) is 4.61. The maximum absolute atomic E-state index is 11.3. The van der Waals surface area contributed by atoms with E-state index < -0.39 is 35.4 Å². The van der Waals surface area contributed by atoms with E-state index in [2.05, 4.69) is 0 Å². The fraction of sp³-hybridized carbons (Fsp3) is 0.400. The van der Waals surface area contributed by atoms with Crippen molar-refractivity contribution >= 4 is 11.6 Å². The topological polar surface area (TPSA) is 80.3 Å². The quantitative estimate of drug-likeness (QED) is 0.315. The molecule has 0 fully saturated rings. The summed E-state index contributed by atoms with van der Waals surface area (Å²) in [7, 11) is 0. The number of alkyl halides is 6. The van der Waals surface area contributed by atoms with E-state index in [0.717, 1.165) is 13.8 Å². The van der Waals surface area contributed by atoms with Gasteiger partial charge >= 0.3 is 29.4 Å². The molecule has 1 radical (unpaired) electrons. The summed E-state index contributed by atoms with van der Waals surface area (Å²) in [5.41, 5.74) is 0. The summed E-state index contributed by atoms with van der Waals surface area (Å²) < 4.78 is 67.7. The van der Waals surface area contributed by atoms with Crippen LogP contribution in [0.1, 0.15) is 13.8 Å². The van der Waals surface area contributed by atoms with Gasteiger partial charge in [0.1, 0.15) is 0 Å². The molecule has 0 saturated heterocycles. The predicted molar refractivity (Wildman–Crippen MR) is 49.6 cm³/mol. The van der Waals surface area contributed by atoms with Gasteiger partial charge in [-0.2, -0.15) is 26.3 Å². The van der Waals surface area contributed by atoms with Crippen molar-refractivity contribution in [3.63, 3.8) is 0 Å². The Kier molecular flexibility index (Phi) is 11.0. The first kappa shape index (κ1) is 24.5. The van der Waals surface area contributed by atoms with Crippen molar-refractivity contribution in [1.29, 1.82) is 0 Å². The van der Waals surface area contributed by atoms with E-state index in [1.54, 1.807) is 0 Å². The Labute approximate surface area is 125 Å². The molecule has 0 unspecified atom stereocenters. The molecule has 0 N–H and O–H groups in total. The first-order chi connectivity index (χ1) is 8.67. The van der Waals surface area contributed by atoms with E-state index in [1.807, 2.05) is 0 Å². The molecule has 0 aliphatic rings. The van der Waals surface area contributed by atoms with Gasteiger partial charge in [0.2, 0.25) is 0 Å². The van der Waals surface area contributed by atoms with Crippen molar-refractivity contribution in [3.05, 3.63) is 23.7 Å². The van der Waals surface area contributed by atoms with Crippen LogP contribution in [-0.2, 0) is 26.7 Å². The van der Waals surface area contributed by atoms with Crippen LogP contribution in [0.15, 0.2) is 23.7 Å². The van der Waals surface area contributed by atoms with Crippen LogP contribution >= 0.6 is 0 Å². The summed E-state index contributed by atoms with van der Waals surface area (Å²) in [4.78, 5) is 19.8. The molecule has 0 spiro atoms. The van der Waals surface area contributed by atoms with Gasteiger partial charge in [0.05, 0.1) is 0 Å². The van der Waals surface area contributed by atoms with Crippen molar-refractivity contribution in [1.82, 2.24) is 0 Å². The third-order valence-corrected chi connectivity index (χ3v) is 1.23. The average molecular weight is 361 g/mol. The fourth-order valence-corrected chi connectivity index (χ4v) is 0.533. The van der Waals surface area contributed by atoms with Gasteiger partial charge in [-0.1, -0.05) is 0 Å². The number of allylic oxidation sites excluding steroid dienone is 4. The Morgan fingerprint density at radius 2 is 0.952 bits per heavy atom. The molecule has 4 nitrogen and oxygen atoms in total. The molecule has 11 heteroatoms. The number of carbonyl (C=O) groups is 2. The normalized spacial score (nSPS) is 12.8. The zero-order chi connectivity index (χ0) is 16.7. The van der Waals surface area contributed by atoms with Gasteiger partial charge in [-0.25, -0.2) is 0 Å². The van der Waals surface area contributed by atoms with Crippen LogP contribution in [0.25, 0.3) is 0 Å². The zero-order valence-corrected chi connectivity index (χ0v) is 11.6. The molecule has 0 heterocycles. The van der Waals surface area contributed by atoms with Crippen LogP contribution < -0.4 is 10.2 Å². The Morgan fingerprint density at radius 3 is 1.00 bits per heavy atom. The Balaban J connectivity index is -0.000000295. The minimum Gasteiger partial charge on any atom is -0.869 e. The maximum Gasteiger partial charge on any atom is 2.00 e. The van der Waals surface area contributed by atoms with E-state index in [4.69, 9.17) is 0 Å². The second-order valence-corrected chi connectivity index (χ2v) is 3.23. The minimum atomic E-state index is -4.92. The van der Waals surface area contributed by atoms with Gasteiger partial charge in [0, 0.05) is 0 Å². The second-order valence-electron chi connectivity index (χ2n) is 3.23. The van der Waals surface area contributed by atoms with E-state index in [9.17, 15) is 46.1 Å². The summed E-state index contributed by atoms with van der Waals surface area (Å²) in [5.74, 6) is -6.02. The summed E-state index contributed by atoms with van der Waals surface area (Å²) in [5, 5.41) is 19.7. The largest absolute Gasteiger partial charge is 2.00 e. The van der Waals surface area contributed by atoms with Gasteiger partial charge in [-0.3, -0.25) is 9.59 Å². The van der Waals surface area contributed by atoms with Crippen LogP contribution in [0, 0.1) is 0 Å². The summed E-state index contributed by atoms with van der Waals surface area (Å²) in [6, 6.07) is 0. The standard InChI is InChI=1S/2C5H5F3O2.Mn/c2*1-3(9)2-4(10)5(6,7)8;/h2*2,10H,1H3;/q;;+2/p-2/b2*4-2+;. The maximum atomic E-state index is 11.3. The number of hydrogen-bond acceptors (Lipinski definition) is 4. The SMILES string of the molecule is CC(=O)/C=C(/[O-])C(F)(F)F.CC(=O)/C=C(/[O-])C(F)(F)F.[Mn+2]. The molecule has 21 heavy (non-hydrogen) atoms. The molecule has 0 aromatic carbocycles. The van der Waals surface area contributed by atoms with Gasteiger partial charge in [0.25, 0.3) is 0 Å². The molecule has 0 aromatic rings. The van der Waals surface area contributed by atoms with Crippen molar-refractivity contribution in [2.24, 2.45) is 0 Å². The molecule has 0 saturated carbocycles. The molecule has 0 amide bonds. The molecule has 0 bridgehead atoms. The second kappa shape index (κ2) is 9.45. The summed E-state index contributed by atoms with van der Waals surface area (Å²) >= 11 is 0. The van der Waals surface area contributed by atoms with Gasteiger partial charge in [-0.05, 0) is 37.5 Å². The Hall–Kier alpha value is -1.48. The third-order valence-electron chi connectivity index (χ3n) is 1.23. The molecule has 0 aromatic heterocycles. The number of halogens is 6. The molecule has 0 atom stereocenters. The molecule has 0 aliphatic heterocycles. The Bertz CT molecular complexity index is 382. The van der Waals surface area contributed by atoms with Crippen molar-refractivity contribution in [2.45, 2.75) is 26.2 Å². The van der Waals surface area contributed by atoms with Crippen LogP contribution in [-0.4, -0.2) is 23.9 Å². The van der Waals surface area contributed by atoms with Gasteiger partial charge in [-0.15, -0.1) is 0 Å². The fourth-order valence-electron chi connectivity index (χ4n) is 0.533. The molecule has 0 aliphatic carbocycles. The molecule has 121 valence electrons. The zero-order valence-electron chi connectivity index (χ0n) is 10.4. The number of hydrogen-bond donors (Lipinski definition) is 0. The van der Waals surface area contributed by atoms with Crippen LogP contribution in [0.4, 0.5) is 26.3 Å². The van der Waals surface area contributed by atoms with Gasteiger partial charge < -0.3 is 10.2 Å². The molecular weight excluding hydrogens is 353 g/mol. The number of rotatable bonds is 2. The summed E-state index contributed by atoms with van der Waals surface area (Å²) in [6.07, 6.45) is -9.82. The van der Waals surface area contributed by atoms with Crippen molar-refractivity contribution in [3.8, 4) is 0 Å². The number of carbonyl (C=O) groups excluding carboxylic acids is 2. The Morgan fingerprint density at radius 1 is 0.762 bits per heavy atom.